The van der Waals surface area contributed by atoms with Gasteiger partial charge in [-0.1, -0.05) is 18.2 Å². The van der Waals surface area contributed by atoms with Crippen molar-refractivity contribution in [3.63, 3.8) is 0 Å². The molecule has 0 saturated carbocycles. The minimum absolute atomic E-state index is 0.00552. The third-order valence-electron chi connectivity index (χ3n) is 3.38. The molecule has 1 N–H and O–H groups in total. The van der Waals surface area contributed by atoms with Crippen LogP contribution in [0.5, 0.6) is 0 Å². The number of benzene rings is 1. The van der Waals surface area contributed by atoms with E-state index in [4.69, 9.17) is 11.6 Å². The summed E-state index contributed by atoms with van der Waals surface area (Å²) in [6, 6.07) is 9.89. The SMILES string of the molecule is CC(CO)n1cc(-c2ccnc(Cl)n2)c2ccccc21. The van der Waals surface area contributed by atoms with Gasteiger partial charge in [0.25, 0.3) is 0 Å². The fraction of sp³-hybridized carbons (Fsp3) is 0.200. The largest absolute Gasteiger partial charge is 0.394 e. The maximum Gasteiger partial charge on any atom is 0.222 e. The lowest BCUT2D eigenvalue weighted by Crippen LogP contribution is -2.07. The van der Waals surface area contributed by atoms with Crippen LogP contribution in [0, 0.1) is 0 Å². The van der Waals surface area contributed by atoms with Gasteiger partial charge >= 0.3 is 0 Å². The number of para-hydroxylation sites is 1. The van der Waals surface area contributed by atoms with Gasteiger partial charge in [0.05, 0.1) is 18.3 Å². The number of aliphatic hydroxyl groups is 1. The third-order valence-corrected chi connectivity index (χ3v) is 3.56. The van der Waals surface area contributed by atoms with E-state index >= 15 is 0 Å². The first kappa shape index (κ1) is 13.1. The Bertz CT molecular complexity index is 754. The summed E-state index contributed by atoms with van der Waals surface area (Å²) in [6.07, 6.45) is 3.65. The number of hydrogen-bond donors (Lipinski definition) is 1. The molecule has 0 bridgehead atoms. The molecule has 1 aromatic carbocycles. The van der Waals surface area contributed by atoms with Gasteiger partial charge in [-0.25, -0.2) is 9.97 Å². The smallest absolute Gasteiger partial charge is 0.222 e. The molecule has 0 saturated heterocycles. The average molecular weight is 288 g/mol. The van der Waals surface area contributed by atoms with Crippen LogP contribution < -0.4 is 0 Å². The molecular formula is C15H14ClN3O. The van der Waals surface area contributed by atoms with Crippen LogP contribution in [0.3, 0.4) is 0 Å². The summed E-state index contributed by atoms with van der Waals surface area (Å²) in [4.78, 5) is 8.18. The van der Waals surface area contributed by atoms with Crippen LogP contribution in [0.15, 0.2) is 42.7 Å². The molecule has 2 heterocycles. The van der Waals surface area contributed by atoms with E-state index in [2.05, 4.69) is 14.5 Å². The van der Waals surface area contributed by atoms with E-state index in [0.29, 0.717) is 0 Å². The number of aromatic nitrogens is 3. The molecule has 1 unspecified atom stereocenters. The van der Waals surface area contributed by atoms with Crippen molar-refractivity contribution in [1.82, 2.24) is 14.5 Å². The maximum absolute atomic E-state index is 9.40. The number of rotatable bonds is 3. The average Bonchev–Trinajstić information content (AvgIpc) is 2.86. The van der Waals surface area contributed by atoms with Gasteiger partial charge in [0.2, 0.25) is 5.28 Å². The Morgan fingerprint density at radius 2 is 2.10 bits per heavy atom. The molecule has 4 nitrogen and oxygen atoms in total. The number of halogens is 1. The van der Waals surface area contributed by atoms with Crippen molar-refractivity contribution >= 4 is 22.5 Å². The summed E-state index contributed by atoms with van der Waals surface area (Å²) in [5.74, 6) is 0. The predicted molar refractivity (Wildman–Crippen MR) is 79.8 cm³/mol. The fourth-order valence-corrected chi connectivity index (χ4v) is 2.49. The number of aliphatic hydroxyl groups excluding tert-OH is 1. The van der Waals surface area contributed by atoms with Gasteiger partial charge < -0.3 is 9.67 Å². The van der Waals surface area contributed by atoms with E-state index in [1.54, 1.807) is 6.20 Å². The van der Waals surface area contributed by atoms with E-state index in [1.165, 1.54) is 0 Å². The molecule has 0 aliphatic rings. The normalized spacial score (nSPS) is 12.8. The first-order chi connectivity index (χ1) is 9.70. The van der Waals surface area contributed by atoms with Gasteiger partial charge in [-0.05, 0) is 30.7 Å². The lowest BCUT2D eigenvalue weighted by Gasteiger charge is -2.11. The van der Waals surface area contributed by atoms with Crippen LogP contribution in [0.2, 0.25) is 5.28 Å². The lowest BCUT2D eigenvalue weighted by atomic mass is 10.1. The Kier molecular flexibility index (Phi) is 3.42. The monoisotopic (exact) mass is 287 g/mol. The highest BCUT2D eigenvalue weighted by Gasteiger charge is 2.14. The van der Waals surface area contributed by atoms with Crippen molar-refractivity contribution in [2.45, 2.75) is 13.0 Å². The summed E-state index contributed by atoms with van der Waals surface area (Å²) in [7, 11) is 0. The van der Waals surface area contributed by atoms with Crippen molar-refractivity contribution in [2.24, 2.45) is 0 Å². The highest BCUT2D eigenvalue weighted by atomic mass is 35.5. The van der Waals surface area contributed by atoms with Crippen LogP contribution in [-0.4, -0.2) is 26.2 Å². The topological polar surface area (TPSA) is 50.9 Å². The Morgan fingerprint density at radius 3 is 2.85 bits per heavy atom. The van der Waals surface area contributed by atoms with Crippen LogP contribution in [0.4, 0.5) is 0 Å². The maximum atomic E-state index is 9.40. The summed E-state index contributed by atoms with van der Waals surface area (Å²) in [6.45, 7) is 2.06. The van der Waals surface area contributed by atoms with Gasteiger partial charge in [0.15, 0.2) is 0 Å². The Labute approximate surface area is 121 Å². The summed E-state index contributed by atoms with van der Waals surface area (Å²) in [5, 5.41) is 10.7. The van der Waals surface area contributed by atoms with Crippen LogP contribution in [-0.2, 0) is 0 Å². The molecule has 0 fully saturated rings. The van der Waals surface area contributed by atoms with Gasteiger partial charge in [-0.15, -0.1) is 0 Å². The van der Waals surface area contributed by atoms with E-state index in [1.807, 2.05) is 43.5 Å². The molecule has 20 heavy (non-hydrogen) atoms. The molecule has 2 aromatic heterocycles. The van der Waals surface area contributed by atoms with Crippen molar-refractivity contribution in [1.29, 1.82) is 0 Å². The molecule has 102 valence electrons. The summed E-state index contributed by atoms with van der Waals surface area (Å²) < 4.78 is 2.06. The summed E-state index contributed by atoms with van der Waals surface area (Å²) >= 11 is 5.87. The van der Waals surface area contributed by atoms with Gasteiger partial charge in [0, 0.05) is 28.9 Å². The highest BCUT2D eigenvalue weighted by Crippen LogP contribution is 2.31. The first-order valence-electron chi connectivity index (χ1n) is 6.40. The molecule has 0 aliphatic heterocycles. The Hall–Kier alpha value is -1.91. The molecule has 5 heteroatoms. The standard InChI is InChI=1S/C15H14ClN3O/c1-10(9-20)19-8-12(11-4-2-3-5-14(11)19)13-6-7-17-15(16)18-13/h2-8,10,20H,9H2,1H3. The van der Waals surface area contributed by atoms with E-state index < -0.39 is 0 Å². The molecule has 3 aromatic rings. The van der Waals surface area contributed by atoms with Crippen LogP contribution in [0.1, 0.15) is 13.0 Å². The van der Waals surface area contributed by atoms with E-state index in [-0.39, 0.29) is 17.9 Å². The summed E-state index contributed by atoms with van der Waals surface area (Å²) in [5.41, 5.74) is 2.84. The lowest BCUT2D eigenvalue weighted by molar-refractivity contribution is 0.241. The van der Waals surface area contributed by atoms with Crippen molar-refractivity contribution in [2.75, 3.05) is 6.61 Å². The molecule has 3 rings (SSSR count). The molecule has 1 atom stereocenters. The van der Waals surface area contributed by atoms with Crippen LogP contribution >= 0.6 is 11.6 Å². The minimum Gasteiger partial charge on any atom is -0.394 e. The van der Waals surface area contributed by atoms with Gasteiger partial charge in [0.1, 0.15) is 0 Å². The zero-order valence-electron chi connectivity index (χ0n) is 11.0. The predicted octanol–water partition coefficient (Wildman–Crippen LogP) is 3.31. The molecular weight excluding hydrogens is 274 g/mol. The van der Waals surface area contributed by atoms with Gasteiger partial charge in [-0.3, -0.25) is 0 Å². The number of hydrogen-bond acceptors (Lipinski definition) is 3. The zero-order valence-corrected chi connectivity index (χ0v) is 11.7. The molecule has 0 aliphatic carbocycles. The second-order valence-corrected chi connectivity index (χ2v) is 5.05. The minimum atomic E-state index is 0.00552. The number of nitrogens with zero attached hydrogens (tertiary/aromatic N) is 3. The fourth-order valence-electron chi connectivity index (χ4n) is 2.35. The second-order valence-electron chi connectivity index (χ2n) is 4.71. The van der Waals surface area contributed by atoms with Gasteiger partial charge in [-0.2, -0.15) is 0 Å². The third kappa shape index (κ3) is 2.17. The van der Waals surface area contributed by atoms with Crippen molar-refractivity contribution in [3.05, 3.63) is 48.0 Å². The number of fused-ring (bicyclic) bond motifs is 1. The Morgan fingerprint density at radius 1 is 1.30 bits per heavy atom. The highest BCUT2D eigenvalue weighted by molar-refractivity contribution is 6.28. The first-order valence-corrected chi connectivity index (χ1v) is 6.78. The van der Waals surface area contributed by atoms with Crippen molar-refractivity contribution in [3.8, 4) is 11.3 Å². The van der Waals surface area contributed by atoms with E-state index in [9.17, 15) is 5.11 Å². The van der Waals surface area contributed by atoms with Crippen molar-refractivity contribution < 1.29 is 5.11 Å². The quantitative estimate of drug-likeness (QED) is 0.752. The second kappa shape index (κ2) is 5.23. The van der Waals surface area contributed by atoms with Crippen LogP contribution in [0.25, 0.3) is 22.2 Å². The Balaban J connectivity index is 2.26. The zero-order chi connectivity index (χ0) is 14.1. The van der Waals surface area contributed by atoms with E-state index in [0.717, 1.165) is 22.2 Å². The molecule has 0 amide bonds. The molecule has 0 radical (unpaired) electrons. The molecule has 0 spiro atoms.